The van der Waals surface area contributed by atoms with Crippen molar-refractivity contribution >= 4 is 29.4 Å². The summed E-state index contributed by atoms with van der Waals surface area (Å²) in [5.74, 6) is -0.00328. The summed E-state index contributed by atoms with van der Waals surface area (Å²) < 4.78 is 11.4. The number of aromatic carboxylic acids is 1. The summed E-state index contributed by atoms with van der Waals surface area (Å²) >= 11 is 0. The molecule has 2 aromatic rings. The first-order valence-corrected chi connectivity index (χ1v) is 9.79. The highest BCUT2D eigenvalue weighted by Crippen LogP contribution is 2.31. The molecule has 0 spiro atoms. The number of carboxylic acids is 1. The predicted octanol–water partition coefficient (Wildman–Crippen LogP) is 4.38. The molecule has 7 heteroatoms. The molecule has 0 fully saturated rings. The molecule has 0 bridgehead atoms. The average molecular weight is 408 g/mol. The SMILES string of the molecule is CCCOc1ccc(/C=C2/C(=O)N(c3ccc(C(=O)O)cc3)N=C2C)cc1OCC. The van der Waals surface area contributed by atoms with Gasteiger partial charge in [-0.25, -0.2) is 4.79 Å². The minimum atomic E-state index is -1.02. The van der Waals surface area contributed by atoms with Gasteiger partial charge in [-0.2, -0.15) is 10.1 Å². The monoisotopic (exact) mass is 408 g/mol. The van der Waals surface area contributed by atoms with E-state index in [-0.39, 0.29) is 11.5 Å². The molecule has 0 saturated carbocycles. The lowest BCUT2D eigenvalue weighted by Gasteiger charge is -2.13. The third kappa shape index (κ3) is 4.51. The molecule has 7 nitrogen and oxygen atoms in total. The normalized spacial score (nSPS) is 14.8. The van der Waals surface area contributed by atoms with Crippen LogP contribution in [0.4, 0.5) is 5.69 Å². The second kappa shape index (κ2) is 9.26. The number of hydrogen-bond donors (Lipinski definition) is 1. The van der Waals surface area contributed by atoms with Crippen LogP contribution < -0.4 is 14.5 Å². The number of benzene rings is 2. The Morgan fingerprint density at radius 2 is 1.83 bits per heavy atom. The Kier molecular flexibility index (Phi) is 6.51. The number of hydrogen-bond acceptors (Lipinski definition) is 5. The molecule has 156 valence electrons. The van der Waals surface area contributed by atoms with E-state index in [1.807, 2.05) is 32.0 Å². The number of carbonyl (C=O) groups is 2. The van der Waals surface area contributed by atoms with Gasteiger partial charge in [-0.3, -0.25) is 4.79 Å². The van der Waals surface area contributed by atoms with Gasteiger partial charge in [0.25, 0.3) is 5.91 Å². The van der Waals surface area contributed by atoms with Gasteiger partial charge in [0, 0.05) is 0 Å². The molecule has 3 rings (SSSR count). The molecule has 0 atom stereocenters. The highest BCUT2D eigenvalue weighted by Gasteiger charge is 2.28. The Bertz CT molecular complexity index is 1010. The van der Waals surface area contributed by atoms with Gasteiger partial charge < -0.3 is 14.6 Å². The first kappa shape index (κ1) is 21.1. The molecule has 0 aliphatic carbocycles. The van der Waals surface area contributed by atoms with Gasteiger partial charge in [-0.05, 0) is 68.3 Å². The summed E-state index contributed by atoms with van der Waals surface area (Å²) in [4.78, 5) is 24.0. The molecule has 30 heavy (non-hydrogen) atoms. The summed E-state index contributed by atoms with van der Waals surface area (Å²) in [6.45, 7) is 6.80. The van der Waals surface area contributed by atoms with Crippen LogP contribution in [0.3, 0.4) is 0 Å². The molecule has 1 aliphatic heterocycles. The quantitative estimate of drug-likeness (QED) is 0.655. The zero-order chi connectivity index (χ0) is 21.7. The molecule has 1 N–H and O–H groups in total. The van der Waals surface area contributed by atoms with Gasteiger partial charge in [-0.1, -0.05) is 13.0 Å². The maximum Gasteiger partial charge on any atom is 0.335 e. The van der Waals surface area contributed by atoms with Crippen LogP contribution >= 0.6 is 0 Å². The topological polar surface area (TPSA) is 88.4 Å². The first-order chi connectivity index (χ1) is 14.4. The van der Waals surface area contributed by atoms with Crippen LogP contribution in [-0.2, 0) is 4.79 Å². The van der Waals surface area contributed by atoms with Gasteiger partial charge in [-0.15, -0.1) is 0 Å². The zero-order valence-electron chi connectivity index (χ0n) is 17.2. The molecule has 1 aliphatic rings. The van der Waals surface area contributed by atoms with Crippen LogP contribution in [0.2, 0.25) is 0 Å². The Balaban J connectivity index is 1.87. The predicted molar refractivity (Wildman–Crippen MR) is 115 cm³/mol. The van der Waals surface area contributed by atoms with Crippen LogP contribution in [0, 0.1) is 0 Å². The van der Waals surface area contributed by atoms with Gasteiger partial charge in [0.05, 0.1) is 35.7 Å². The van der Waals surface area contributed by atoms with Crippen LogP contribution in [0.15, 0.2) is 53.1 Å². The van der Waals surface area contributed by atoms with Crippen molar-refractivity contribution in [2.45, 2.75) is 27.2 Å². The summed E-state index contributed by atoms with van der Waals surface area (Å²) in [6.07, 6.45) is 2.66. The summed E-state index contributed by atoms with van der Waals surface area (Å²) in [5, 5.41) is 14.6. The van der Waals surface area contributed by atoms with E-state index < -0.39 is 5.97 Å². The van der Waals surface area contributed by atoms with Crippen LogP contribution in [-0.4, -0.2) is 35.9 Å². The molecule has 0 saturated heterocycles. The number of carbonyl (C=O) groups excluding carboxylic acids is 1. The fourth-order valence-electron chi connectivity index (χ4n) is 2.99. The Hall–Kier alpha value is -3.61. The zero-order valence-corrected chi connectivity index (χ0v) is 17.2. The second-order valence-corrected chi connectivity index (χ2v) is 6.70. The Morgan fingerprint density at radius 1 is 1.10 bits per heavy atom. The van der Waals surface area contributed by atoms with Gasteiger partial charge >= 0.3 is 5.97 Å². The fraction of sp³-hybridized carbons (Fsp3) is 0.261. The molecule has 1 amide bonds. The standard InChI is InChI=1S/C23H24N2O5/c1-4-12-30-20-11-6-16(14-21(20)29-5-2)13-19-15(3)24-25(22(19)26)18-9-7-17(8-10-18)23(27)28/h6-11,13-14H,4-5,12H2,1-3H3,(H,27,28)/b19-13+. The average Bonchev–Trinajstić information content (AvgIpc) is 3.02. The lowest BCUT2D eigenvalue weighted by Crippen LogP contribution is -2.21. The number of amides is 1. The summed E-state index contributed by atoms with van der Waals surface area (Å²) in [7, 11) is 0. The van der Waals surface area contributed by atoms with Gasteiger partial charge in [0.2, 0.25) is 0 Å². The van der Waals surface area contributed by atoms with E-state index in [2.05, 4.69) is 5.10 Å². The first-order valence-electron chi connectivity index (χ1n) is 9.79. The lowest BCUT2D eigenvalue weighted by atomic mass is 10.1. The minimum absolute atomic E-state index is 0.149. The van der Waals surface area contributed by atoms with Crippen LogP contribution in [0.5, 0.6) is 11.5 Å². The summed E-state index contributed by atoms with van der Waals surface area (Å²) in [6, 6.07) is 11.6. The van der Waals surface area contributed by atoms with E-state index in [4.69, 9.17) is 14.6 Å². The smallest absolute Gasteiger partial charge is 0.335 e. The van der Waals surface area contributed by atoms with Crippen molar-refractivity contribution in [3.05, 3.63) is 59.2 Å². The molecule has 0 aromatic heterocycles. The molecule has 2 aromatic carbocycles. The summed E-state index contributed by atoms with van der Waals surface area (Å²) in [5.41, 5.74) is 2.48. The van der Waals surface area contributed by atoms with Crippen molar-refractivity contribution < 1.29 is 24.2 Å². The maximum absolute atomic E-state index is 12.9. The third-order valence-electron chi connectivity index (χ3n) is 4.46. The third-order valence-corrected chi connectivity index (χ3v) is 4.46. The highest BCUT2D eigenvalue weighted by atomic mass is 16.5. The molecule has 0 unspecified atom stereocenters. The Morgan fingerprint density at radius 3 is 2.47 bits per heavy atom. The van der Waals surface area contributed by atoms with Crippen molar-refractivity contribution in [2.75, 3.05) is 18.2 Å². The van der Waals surface area contributed by atoms with E-state index in [1.54, 1.807) is 25.1 Å². The van der Waals surface area contributed by atoms with Crippen molar-refractivity contribution in [1.82, 2.24) is 0 Å². The number of carboxylic acid groups (broad SMARTS) is 1. The maximum atomic E-state index is 12.9. The fourth-order valence-corrected chi connectivity index (χ4v) is 2.99. The minimum Gasteiger partial charge on any atom is -0.490 e. The second-order valence-electron chi connectivity index (χ2n) is 6.70. The number of rotatable bonds is 8. The number of hydrazone groups is 1. The largest absolute Gasteiger partial charge is 0.490 e. The highest BCUT2D eigenvalue weighted by molar-refractivity contribution is 6.32. The van der Waals surface area contributed by atoms with Crippen molar-refractivity contribution in [3.63, 3.8) is 0 Å². The number of nitrogens with zero attached hydrogens (tertiary/aromatic N) is 2. The van der Waals surface area contributed by atoms with Crippen molar-refractivity contribution in [1.29, 1.82) is 0 Å². The molecule has 1 heterocycles. The molecular formula is C23H24N2O5. The van der Waals surface area contributed by atoms with Crippen LogP contribution in [0.1, 0.15) is 43.1 Å². The molecule has 0 radical (unpaired) electrons. The van der Waals surface area contributed by atoms with Crippen LogP contribution in [0.25, 0.3) is 6.08 Å². The van der Waals surface area contributed by atoms with E-state index in [9.17, 15) is 9.59 Å². The number of anilines is 1. The Labute approximate surface area is 175 Å². The number of ether oxygens (including phenoxy) is 2. The lowest BCUT2D eigenvalue weighted by molar-refractivity contribution is -0.114. The van der Waals surface area contributed by atoms with E-state index >= 15 is 0 Å². The van der Waals surface area contributed by atoms with E-state index in [0.29, 0.717) is 41.7 Å². The van der Waals surface area contributed by atoms with E-state index in [0.717, 1.165) is 12.0 Å². The van der Waals surface area contributed by atoms with Crippen molar-refractivity contribution in [2.24, 2.45) is 5.10 Å². The van der Waals surface area contributed by atoms with E-state index in [1.165, 1.54) is 17.1 Å². The van der Waals surface area contributed by atoms with Gasteiger partial charge in [0.15, 0.2) is 11.5 Å². The molecular weight excluding hydrogens is 384 g/mol. The van der Waals surface area contributed by atoms with Gasteiger partial charge in [0.1, 0.15) is 0 Å². The van der Waals surface area contributed by atoms with Crippen molar-refractivity contribution in [3.8, 4) is 11.5 Å².